The third-order valence-corrected chi connectivity index (χ3v) is 12.5. The summed E-state index contributed by atoms with van der Waals surface area (Å²) < 4.78 is 23.4. The van der Waals surface area contributed by atoms with Crippen LogP contribution in [0, 0.1) is 11.8 Å². The summed E-state index contributed by atoms with van der Waals surface area (Å²) in [6.45, 7) is 6.51. The van der Waals surface area contributed by atoms with Crippen molar-refractivity contribution in [1.29, 1.82) is 0 Å². The normalized spacial score (nSPS) is 23.8. The molecule has 11 amide bonds. The minimum absolute atomic E-state index is 0.0152. The van der Waals surface area contributed by atoms with E-state index in [2.05, 4.69) is 37.2 Å². The molecule has 2 heterocycles. The smallest absolute Gasteiger partial charge is 0.246 e. The van der Waals surface area contributed by atoms with Crippen LogP contribution in [0.1, 0.15) is 93.8 Å². The lowest BCUT2D eigenvalue weighted by Crippen LogP contribution is -2.61. The molecule has 2 saturated heterocycles. The van der Waals surface area contributed by atoms with Gasteiger partial charge in [-0.3, -0.25) is 52.7 Å². The number of carbonyl (C=O) groups excluding carboxylic acids is 11. The minimum Gasteiger partial charge on any atom is -0.497 e. The second-order valence-electron chi connectivity index (χ2n) is 17.3. The number of primary amides is 3. The van der Waals surface area contributed by atoms with E-state index >= 15 is 0 Å². The standard InChI is InChI=1S/C45H69N11O12S/c1-6-25(4)38-44(66)51-28(15-16-34(46)57)40(62)52-31(21-35(47)58)41(63)54-32(23-69-18-8-10-37(60)50-30(42(64)55-38)20-26-11-13-27(68-5)14-12-26)45(67)56-17-7-9-33(56)43(65)53-29(19-24(2)3)39(61)49-22-36(48)59/h11-14,24-25,28-33,38H,6-10,15-23H2,1-5H3,(H2,46,57)(H2,47,58)(H2,48,59)(H,49,61)(H,50,60)(H,51,66)(H,52,62)(H,53,65)(H,54,63)(H,55,64)/i20D2. The number of amides is 11. The number of thioether (sulfide) groups is 1. The maximum atomic E-state index is 14.5. The molecule has 1 aromatic carbocycles. The third kappa shape index (κ3) is 18.9. The first kappa shape index (κ1) is 53.5. The number of rotatable bonds is 18. The second kappa shape index (κ2) is 28.1. The number of ether oxygens (including phenoxy) is 1. The van der Waals surface area contributed by atoms with Crippen molar-refractivity contribution in [2.75, 3.05) is 31.7 Å². The van der Waals surface area contributed by atoms with Crippen molar-refractivity contribution in [2.24, 2.45) is 29.0 Å². The Balaban J connectivity index is 2.07. The van der Waals surface area contributed by atoms with E-state index in [0.29, 0.717) is 12.2 Å². The molecule has 2 fully saturated rings. The van der Waals surface area contributed by atoms with Gasteiger partial charge >= 0.3 is 0 Å². The quantitative estimate of drug-likeness (QED) is 0.0728. The van der Waals surface area contributed by atoms with Gasteiger partial charge < -0.3 is 64.1 Å². The van der Waals surface area contributed by atoms with Crippen LogP contribution in [0.5, 0.6) is 5.75 Å². The highest BCUT2D eigenvalue weighted by atomic mass is 32.2. The Kier molecular flexibility index (Phi) is 21.8. The second-order valence-corrected chi connectivity index (χ2v) is 18.5. The van der Waals surface area contributed by atoms with E-state index in [1.165, 1.54) is 36.3 Å². The molecule has 13 N–H and O–H groups in total. The van der Waals surface area contributed by atoms with Gasteiger partial charge in [0.05, 0.1) is 20.1 Å². The molecule has 23 nitrogen and oxygen atoms in total. The largest absolute Gasteiger partial charge is 0.497 e. The van der Waals surface area contributed by atoms with Crippen LogP contribution < -0.4 is 59.2 Å². The summed E-state index contributed by atoms with van der Waals surface area (Å²) in [7, 11) is 1.41. The molecule has 2 aliphatic rings. The van der Waals surface area contributed by atoms with E-state index in [1.807, 2.05) is 13.8 Å². The van der Waals surface area contributed by atoms with Crippen molar-refractivity contribution in [3.63, 3.8) is 0 Å². The van der Waals surface area contributed by atoms with Crippen LogP contribution >= 0.6 is 11.8 Å². The van der Waals surface area contributed by atoms with Crippen molar-refractivity contribution in [3.8, 4) is 5.75 Å². The molecule has 0 saturated carbocycles. The number of nitrogens with zero attached hydrogens (tertiary/aromatic N) is 1. The molecule has 0 bridgehead atoms. The van der Waals surface area contributed by atoms with E-state index in [9.17, 15) is 52.7 Å². The number of hydrogen-bond donors (Lipinski definition) is 10. The number of hydrogen-bond acceptors (Lipinski definition) is 13. The lowest BCUT2D eigenvalue weighted by Gasteiger charge is -2.31. The van der Waals surface area contributed by atoms with Crippen molar-refractivity contribution < 1.29 is 60.2 Å². The van der Waals surface area contributed by atoms with Gasteiger partial charge in [0.2, 0.25) is 65.0 Å². The highest BCUT2D eigenvalue weighted by molar-refractivity contribution is 7.99. The monoisotopic (exact) mass is 989 g/mol. The van der Waals surface area contributed by atoms with Crippen molar-refractivity contribution in [3.05, 3.63) is 29.8 Å². The van der Waals surface area contributed by atoms with Gasteiger partial charge in [-0.05, 0) is 67.4 Å². The molecule has 1 aromatic rings. The van der Waals surface area contributed by atoms with E-state index < -0.39 is 145 Å². The summed E-state index contributed by atoms with van der Waals surface area (Å²) in [6, 6.07) is -4.74. The first-order chi connectivity index (χ1) is 33.4. The number of carbonyl (C=O) groups is 11. The summed E-state index contributed by atoms with van der Waals surface area (Å²) in [5.41, 5.74) is 16.1. The minimum atomic E-state index is -2.59. The summed E-state index contributed by atoms with van der Waals surface area (Å²) in [5.74, 6) is -10.2. The van der Waals surface area contributed by atoms with E-state index in [0.717, 1.165) is 11.8 Å². The average molecular weight is 990 g/mol. The van der Waals surface area contributed by atoms with E-state index in [1.54, 1.807) is 13.8 Å². The molecular formula is C45H69N11O12S. The van der Waals surface area contributed by atoms with Crippen LogP contribution in [-0.4, -0.2) is 144 Å². The SMILES string of the molecule is [2H]C([2H])(c1ccc(OC)cc1)C1NC(=O)CCCSCC(C(=O)N2CCCC2C(=O)NC(CC(C)C)C(=O)NCC(N)=O)NC(=O)C(CC(N)=O)NC(=O)C(CCC(N)=O)NC(=O)C(C(C)CC)NC1=O. The van der Waals surface area contributed by atoms with Crippen LogP contribution in [-0.2, 0) is 59.1 Å². The van der Waals surface area contributed by atoms with Crippen molar-refractivity contribution in [2.45, 2.75) is 134 Å². The molecule has 8 unspecified atom stereocenters. The summed E-state index contributed by atoms with van der Waals surface area (Å²) in [4.78, 5) is 148. The lowest BCUT2D eigenvalue weighted by molar-refractivity contribution is -0.142. The molecule has 3 rings (SSSR count). The zero-order chi connectivity index (χ0) is 53.2. The highest BCUT2D eigenvalue weighted by Gasteiger charge is 2.40. The Morgan fingerprint density at radius 3 is 2.10 bits per heavy atom. The van der Waals surface area contributed by atoms with Crippen LogP contribution in [0.25, 0.3) is 0 Å². The van der Waals surface area contributed by atoms with Gasteiger partial charge in [-0.2, -0.15) is 11.8 Å². The third-order valence-electron chi connectivity index (χ3n) is 11.3. The maximum Gasteiger partial charge on any atom is 0.246 e. The van der Waals surface area contributed by atoms with Crippen LogP contribution in [0.4, 0.5) is 0 Å². The fraction of sp³-hybridized carbons (Fsp3) is 0.622. The van der Waals surface area contributed by atoms with Gasteiger partial charge in [-0.1, -0.05) is 46.2 Å². The zero-order valence-electron chi connectivity index (χ0n) is 41.7. The van der Waals surface area contributed by atoms with Gasteiger partial charge in [0.15, 0.2) is 0 Å². The number of nitrogens with one attached hydrogen (secondary N) is 7. The van der Waals surface area contributed by atoms with Crippen molar-refractivity contribution >= 4 is 76.7 Å². The predicted molar refractivity (Wildman–Crippen MR) is 253 cm³/mol. The lowest BCUT2D eigenvalue weighted by atomic mass is 9.96. The fourth-order valence-electron chi connectivity index (χ4n) is 7.45. The number of benzene rings is 1. The molecular weight excluding hydrogens is 919 g/mol. The summed E-state index contributed by atoms with van der Waals surface area (Å²) >= 11 is 1.11. The zero-order valence-corrected chi connectivity index (χ0v) is 40.5. The van der Waals surface area contributed by atoms with E-state index in [4.69, 9.17) is 24.7 Å². The predicted octanol–water partition coefficient (Wildman–Crippen LogP) is -2.50. The van der Waals surface area contributed by atoms with Gasteiger partial charge in [0.1, 0.15) is 48.0 Å². The summed E-state index contributed by atoms with van der Waals surface area (Å²) in [6.07, 6.45) is -3.45. The number of methoxy groups -OCH3 is 1. The van der Waals surface area contributed by atoms with Crippen LogP contribution in [0.2, 0.25) is 0 Å². The van der Waals surface area contributed by atoms with E-state index in [-0.39, 0.29) is 61.6 Å². The Labute approximate surface area is 408 Å². The first-order valence-electron chi connectivity index (χ1n) is 23.9. The van der Waals surface area contributed by atoms with Gasteiger partial charge in [0.25, 0.3) is 0 Å². The Bertz CT molecular complexity index is 2120. The molecule has 2 aliphatic heterocycles. The Morgan fingerprint density at radius 2 is 1.49 bits per heavy atom. The summed E-state index contributed by atoms with van der Waals surface area (Å²) in [5, 5.41) is 17.5. The fourth-order valence-corrected chi connectivity index (χ4v) is 8.42. The van der Waals surface area contributed by atoms with Gasteiger partial charge in [0, 0.05) is 34.3 Å². The topological polar surface area (TPSA) is 363 Å². The highest BCUT2D eigenvalue weighted by Crippen LogP contribution is 2.22. The average Bonchev–Trinajstić information content (AvgIpc) is 3.81. The molecule has 8 atom stereocenters. The molecule has 0 aromatic heterocycles. The Hall–Kier alpha value is -6.46. The molecule has 382 valence electrons. The van der Waals surface area contributed by atoms with Crippen LogP contribution in [0.15, 0.2) is 24.3 Å². The number of nitrogens with two attached hydrogens (primary N) is 3. The van der Waals surface area contributed by atoms with Crippen LogP contribution in [0.3, 0.4) is 0 Å². The van der Waals surface area contributed by atoms with Gasteiger partial charge in [-0.25, -0.2) is 0 Å². The molecule has 24 heteroatoms. The van der Waals surface area contributed by atoms with Crippen molar-refractivity contribution in [1.82, 2.24) is 42.1 Å². The molecule has 0 aliphatic carbocycles. The first-order valence-corrected chi connectivity index (χ1v) is 24.0. The van der Waals surface area contributed by atoms with Gasteiger partial charge in [-0.15, -0.1) is 0 Å². The number of likely N-dealkylation sites (tertiary alicyclic amines) is 1. The Morgan fingerprint density at radius 1 is 0.841 bits per heavy atom. The molecule has 0 radical (unpaired) electrons. The molecule has 69 heavy (non-hydrogen) atoms. The molecule has 0 spiro atoms. The maximum absolute atomic E-state index is 14.5.